The lowest BCUT2D eigenvalue weighted by Gasteiger charge is -2.46. The van der Waals surface area contributed by atoms with E-state index in [0.29, 0.717) is 6.54 Å². The van der Waals surface area contributed by atoms with Gasteiger partial charge in [0.2, 0.25) is 0 Å². The van der Waals surface area contributed by atoms with Crippen LogP contribution in [0.1, 0.15) is 19.4 Å². The Labute approximate surface area is 151 Å². The fourth-order valence-electron chi connectivity index (χ4n) is 2.86. The van der Waals surface area contributed by atoms with Crippen molar-refractivity contribution in [1.82, 2.24) is 0 Å². The molecule has 4 nitrogen and oxygen atoms in total. The van der Waals surface area contributed by atoms with Gasteiger partial charge in [0.05, 0.1) is 23.5 Å². The van der Waals surface area contributed by atoms with Gasteiger partial charge in [-0.2, -0.15) is 0 Å². The summed E-state index contributed by atoms with van der Waals surface area (Å²) in [6.07, 6.45) is -0.320. The van der Waals surface area contributed by atoms with E-state index in [1.54, 1.807) is 4.90 Å². The lowest BCUT2D eigenvalue weighted by atomic mass is 9.97. The number of carbonyl (C=O) groups excluding carboxylic acids is 1. The maximum Gasteiger partial charge on any atom is 0.414 e. The molecule has 0 atom stereocenters. The van der Waals surface area contributed by atoms with Crippen LogP contribution in [0.3, 0.4) is 0 Å². The molecular weight excluding hydrogens is 368 g/mol. The van der Waals surface area contributed by atoms with E-state index < -0.39 is 0 Å². The number of rotatable bonds is 2. The summed E-state index contributed by atoms with van der Waals surface area (Å²) < 4.78 is 6.49. The monoisotopic (exact) mass is 388 g/mol. The highest BCUT2D eigenvalue weighted by Crippen LogP contribution is 2.40. The molecule has 0 bridgehead atoms. The first kappa shape index (κ1) is 16.8. The van der Waals surface area contributed by atoms with Crippen LogP contribution >= 0.6 is 15.9 Å². The number of halogens is 1. The number of hydrogen-bond donors (Lipinski definition) is 0. The van der Waals surface area contributed by atoms with Gasteiger partial charge >= 0.3 is 6.09 Å². The summed E-state index contributed by atoms with van der Waals surface area (Å²) in [5.41, 5.74) is 2.69. The van der Waals surface area contributed by atoms with Gasteiger partial charge in [0.15, 0.2) is 0 Å². The normalized spacial score (nSPS) is 15.8. The molecule has 1 aliphatic heterocycles. The van der Waals surface area contributed by atoms with Crippen LogP contribution in [0.4, 0.5) is 16.2 Å². The highest BCUT2D eigenvalue weighted by atomic mass is 79.9. The van der Waals surface area contributed by atoms with Crippen molar-refractivity contribution < 1.29 is 9.53 Å². The molecule has 5 heteroatoms. The highest BCUT2D eigenvalue weighted by molar-refractivity contribution is 9.10. The van der Waals surface area contributed by atoms with E-state index >= 15 is 0 Å². The molecule has 0 aromatic heterocycles. The first-order valence-corrected chi connectivity index (χ1v) is 8.69. The lowest BCUT2D eigenvalue weighted by molar-refractivity contribution is 0.145. The van der Waals surface area contributed by atoms with Crippen LogP contribution < -0.4 is 9.80 Å². The highest BCUT2D eigenvalue weighted by Gasteiger charge is 2.37. The van der Waals surface area contributed by atoms with Gasteiger partial charge in [0.25, 0.3) is 0 Å². The molecule has 1 amide bonds. The first-order chi connectivity index (χ1) is 11.4. The summed E-state index contributed by atoms with van der Waals surface area (Å²) in [7, 11) is 2.05. The average molecular weight is 389 g/mol. The molecule has 1 aliphatic rings. The Bertz CT molecular complexity index is 746. The molecule has 3 rings (SSSR count). The van der Waals surface area contributed by atoms with Crippen molar-refractivity contribution in [1.29, 1.82) is 0 Å². The third-order valence-corrected chi connectivity index (χ3v) is 4.96. The Hall–Kier alpha value is -2.01. The summed E-state index contributed by atoms with van der Waals surface area (Å²) in [5.74, 6) is 0. The van der Waals surface area contributed by atoms with E-state index in [1.807, 2.05) is 48.5 Å². The second-order valence-corrected chi connectivity index (χ2v) is 7.55. The molecule has 2 aromatic carbocycles. The average Bonchev–Trinajstić information content (AvgIpc) is 2.57. The summed E-state index contributed by atoms with van der Waals surface area (Å²) >= 11 is 3.49. The summed E-state index contributed by atoms with van der Waals surface area (Å²) in [5, 5.41) is 0. The standard InChI is InChI=1S/C19H21BrN2O2/c1-19(2)13-22(17-11-15(20)9-10-16(17)21(19)3)18(23)24-12-14-7-5-4-6-8-14/h4-11H,12-13H2,1-3H3. The molecule has 1 heterocycles. The second kappa shape index (κ2) is 6.48. The van der Waals surface area contributed by atoms with Gasteiger partial charge in [-0.25, -0.2) is 4.79 Å². The summed E-state index contributed by atoms with van der Waals surface area (Å²) in [6, 6.07) is 15.7. The minimum atomic E-state index is -0.320. The Kier molecular flexibility index (Phi) is 4.54. The van der Waals surface area contributed by atoms with Crippen LogP contribution in [0.25, 0.3) is 0 Å². The van der Waals surface area contributed by atoms with E-state index in [9.17, 15) is 4.79 Å². The first-order valence-electron chi connectivity index (χ1n) is 7.90. The summed E-state index contributed by atoms with van der Waals surface area (Å²) in [6.45, 7) is 5.08. The van der Waals surface area contributed by atoms with Gasteiger partial charge in [0.1, 0.15) is 6.61 Å². The van der Waals surface area contributed by atoms with Crippen molar-refractivity contribution in [2.24, 2.45) is 0 Å². The van der Waals surface area contributed by atoms with Gasteiger partial charge in [-0.05, 0) is 37.6 Å². The van der Waals surface area contributed by atoms with Crippen LogP contribution in [0.2, 0.25) is 0 Å². The topological polar surface area (TPSA) is 32.8 Å². The Morgan fingerprint density at radius 3 is 2.58 bits per heavy atom. The number of carbonyl (C=O) groups is 1. The van der Waals surface area contributed by atoms with Crippen molar-refractivity contribution in [3.63, 3.8) is 0 Å². The molecule has 126 valence electrons. The summed E-state index contributed by atoms with van der Waals surface area (Å²) in [4.78, 5) is 16.6. The number of anilines is 2. The number of fused-ring (bicyclic) bond motifs is 1. The lowest BCUT2D eigenvalue weighted by Crippen LogP contribution is -2.56. The van der Waals surface area contributed by atoms with E-state index in [-0.39, 0.29) is 18.2 Å². The molecule has 0 unspecified atom stereocenters. The van der Waals surface area contributed by atoms with Crippen LogP contribution in [0, 0.1) is 0 Å². The Balaban J connectivity index is 1.85. The molecule has 0 aliphatic carbocycles. The fraction of sp³-hybridized carbons (Fsp3) is 0.316. The minimum Gasteiger partial charge on any atom is -0.444 e. The van der Waals surface area contributed by atoms with Gasteiger partial charge < -0.3 is 9.64 Å². The molecule has 0 radical (unpaired) electrons. The minimum absolute atomic E-state index is 0.174. The predicted octanol–water partition coefficient (Wildman–Crippen LogP) is 4.82. The van der Waals surface area contributed by atoms with E-state index in [1.165, 1.54) is 0 Å². The zero-order chi connectivity index (χ0) is 17.3. The van der Waals surface area contributed by atoms with E-state index in [2.05, 4.69) is 41.7 Å². The van der Waals surface area contributed by atoms with Crippen molar-refractivity contribution >= 4 is 33.4 Å². The molecule has 0 fully saturated rings. The number of benzene rings is 2. The quantitative estimate of drug-likeness (QED) is 0.738. The van der Waals surface area contributed by atoms with Gasteiger partial charge in [-0.15, -0.1) is 0 Å². The second-order valence-electron chi connectivity index (χ2n) is 6.63. The number of likely N-dealkylation sites (N-methyl/N-ethyl adjacent to an activating group) is 1. The van der Waals surface area contributed by atoms with E-state index in [0.717, 1.165) is 21.4 Å². The zero-order valence-electron chi connectivity index (χ0n) is 14.1. The smallest absolute Gasteiger partial charge is 0.414 e. The van der Waals surface area contributed by atoms with Crippen molar-refractivity contribution in [3.05, 3.63) is 58.6 Å². The number of hydrogen-bond acceptors (Lipinski definition) is 3. The number of nitrogens with zero attached hydrogens (tertiary/aromatic N) is 2. The molecular formula is C19H21BrN2O2. The van der Waals surface area contributed by atoms with Crippen molar-refractivity contribution in [3.8, 4) is 0 Å². The van der Waals surface area contributed by atoms with Gasteiger partial charge in [-0.1, -0.05) is 46.3 Å². The molecule has 0 N–H and O–H groups in total. The molecule has 0 saturated carbocycles. The predicted molar refractivity (Wildman–Crippen MR) is 101 cm³/mol. The maximum absolute atomic E-state index is 12.7. The van der Waals surface area contributed by atoms with E-state index in [4.69, 9.17) is 4.74 Å². The third-order valence-electron chi connectivity index (χ3n) is 4.47. The molecule has 0 saturated heterocycles. The zero-order valence-corrected chi connectivity index (χ0v) is 15.7. The molecule has 2 aromatic rings. The Morgan fingerprint density at radius 2 is 1.88 bits per heavy atom. The van der Waals surface area contributed by atoms with Crippen LogP contribution in [0.5, 0.6) is 0 Å². The molecule has 24 heavy (non-hydrogen) atoms. The fourth-order valence-corrected chi connectivity index (χ4v) is 3.21. The SMILES string of the molecule is CN1c2ccc(Br)cc2N(C(=O)OCc2ccccc2)CC1(C)C. The van der Waals surface area contributed by atoms with Crippen LogP contribution in [-0.4, -0.2) is 25.2 Å². The van der Waals surface area contributed by atoms with Crippen molar-refractivity contribution in [2.75, 3.05) is 23.4 Å². The Morgan fingerprint density at radius 1 is 1.17 bits per heavy atom. The van der Waals surface area contributed by atoms with Crippen LogP contribution in [0.15, 0.2) is 53.0 Å². The van der Waals surface area contributed by atoms with Gasteiger partial charge in [-0.3, -0.25) is 4.90 Å². The number of amides is 1. The maximum atomic E-state index is 12.7. The van der Waals surface area contributed by atoms with Crippen molar-refractivity contribution in [2.45, 2.75) is 26.0 Å². The third kappa shape index (κ3) is 3.26. The van der Waals surface area contributed by atoms with Gasteiger partial charge in [0, 0.05) is 11.5 Å². The number of ether oxygens (including phenoxy) is 1. The molecule has 0 spiro atoms. The van der Waals surface area contributed by atoms with Crippen LogP contribution in [-0.2, 0) is 11.3 Å². The largest absolute Gasteiger partial charge is 0.444 e.